The normalized spacial score (nSPS) is 10.3. The number of carbonyl (C=O) groups is 2. The minimum Gasteiger partial charge on any atom is -0.339 e. The van der Waals surface area contributed by atoms with Crippen LogP contribution in [0.3, 0.4) is 0 Å². The van der Waals surface area contributed by atoms with Gasteiger partial charge in [-0.15, -0.1) is 10.2 Å². The van der Waals surface area contributed by atoms with E-state index in [2.05, 4.69) is 20.8 Å². The molecule has 0 aliphatic rings. The first-order valence-corrected chi connectivity index (χ1v) is 8.53. The number of anilines is 3. The molecule has 6 nitrogen and oxygen atoms in total. The molecule has 1 heterocycles. The van der Waals surface area contributed by atoms with Crippen LogP contribution in [0.5, 0.6) is 0 Å². The Bertz CT molecular complexity index is 980. The second kappa shape index (κ2) is 7.78. The Labute approximate surface area is 157 Å². The molecule has 0 spiro atoms. The lowest BCUT2D eigenvalue weighted by Crippen LogP contribution is -2.15. The zero-order valence-corrected chi connectivity index (χ0v) is 15.4. The minimum absolute atomic E-state index is 0.0144. The summed E-state index contributed by atoms with van der Waals surface area (Å²) in [6.07, 6.45) is 0. The molecular formula is C21H20N4O2. The molecule has 0 bridgehead atoms. The monoisotopic (exact) mass is 360 g/mol. The molecule has 0 radical (unpaired) electrons. The van der Waals surface area contributed by atoms with E-state index in [0.29, 0.717) is 11.4 Å². The summed E-state index contributed by atoms with van der Waals surface area (Å²) in [4.78, 5) is 23.7. The van der Waals surface area contributed by atoms with Gasteiger partial charge in [-0.05, 0) is 68.8 Å². The Morgan fingerprint density at radius 1 is 0.889 bits per heavy atom. The molecule has 0 atom stereocenters. The van der Waals surface area contributed by atoms with Crippen molar-refractivity contribution in [1.29, 1.82) is 0 Å². The van der Waals surface area contributed by atoms with Crippen LogP contribution < -0.4 is 10.6 Å². The SMILES string of the molecule is CC(=O)c1ccc(Nc2ccc(C(=O)Nc3ccc(C)cc3C)nn2)cc1. The fraction of sp³-hybridized carbons (Fsp3) is 0.143. The lowest BCUT2D eigenvalue weighted by molar-refractivity contribution is 0.101. The summed E-state index contributed by atoms with van der Waals surface area (Å²) >= 11 is 0. The summed E-state index contributed by atoms with van der Waals surface area (Å²) in [5, 5.41) is 14.0. The summed E-state index contributed by atoms with van der Waals surface area (Å²) in [5.74, 6) is 0.209. The van der Waals surface area contributed by atoms with E-state index in [1.807, 2.05) is 32.0 Å². The third-order valence-electron chi connectivity index (χ3n) is 4.09. The third kappa shape index (κ3) is 4.55. The fourth-order valence-corrected chi connectivity index (χ4v) is 2.60. The number of rotatable bonds is 5. The molecule has 0 saturated heterocycles. The number of benzene rings is 2. The maximum atomic E-state index is 12.4. The first-order valence-electron chi connectivity index (χ1n) is 8.53. The number of hydrogen-bond donors (Lipinski definition) is 2. The zero-order valence-electron chi connectivity index (χ0n) is 15.4. The molecular weight excluding hydrogens is 340 g/mol. The van der Waals surface area contributed by atoms with E-state index in [4.69, 9.17) is 0 Å². The third-order valence-corrected chi connectivity index (χ3v) is 4.09. The van der Waals surface area contributed by atoms with Crippen LogP contribution in [0.15, 0.2) is 54.6 Å². The molecule has 1 amide bonds. The van der Waals surface area contributed by atoms with Crippen molar-refractivity contribution in [3.8, 4) is 0 Å². The zero-order chi connectivity index (χ0) is 19.4. The van der Waals surface area contributed by atoms with E-state index in [-0.39, 0.29) is 17.4 Å². The van der Waals surface area contributed by atoms with Crippen LogP contribution in [0.25, 0.3) is 0 Å². The fourth-order valence-electron chi connectivity index (χ4n) is 2.60. The number of aromatic nitrogens is 2. The number of hydrogen-bond acceptors (Lipinski definition) is 5. The Balaban J connectivity index is 1.67. The van der Waals surface area contributed by atoms with Gasteiger partial charge in [-0.2, -0.15) is 0 Å². The minimum atomic E-state index is -0.313. The summed E-state index contributed by atoms with van der Waals surface area (Å²) in [5.41, 5.74) is 4.53. The predicted octanol–water partition coefficient (Wildman–Crippen LogP) is 4.29. The molecule has 3 aromatic rings. The van der Waals surface area contributed by atoms with Crippen molar-refractivity contribution in [3.05, 3.63) is 77.0 Å². The van der Waals surface area contributed by atoms with Crippen molar-refractivity contribution in [2.45, 2.75) is 20.8 Å². The molecule has 3 rings (SSSR count). The summed E-state index contributed by atoms with van der Waals surface area (Å²) in [6, 6.07) is 16.2. The van der Waals surface area contributed by atoms with Crippen molar-refractivity contribution in [1.82, 2.24) is 10.2 Å². The number of nitrogens with zero attached hydrogens (tertiary/aromatic N) is 2. The van der Waals surface area contributed by atoms with Crippen molar-refractivity contribution in [3.63, 3.8) is 0 Å². The van der Waals surface area contributed by atoms with Gasteiger partial charge in [0.1, 0.15) is 0 Å². The van der Waals surface area contributed by atoms with E-state index in [1.165, 1.54) is 6.92 Å². The van der Waals surface area contributed by atoms with Crippen LogP contribution in [-0.2, 0) is 0 Å². The largest absolute Gasteiger partial charge is 0.339 e. The van der Waals surface area contributed by atoms with Gasteiger partial charge in [0, 0.05) is 16.9 Å². The molecule has 2 N–H and O–H groups in total. The van der Waals surface area contributed by atoms with Crippen LogP contribution in [0.4, 0.5) is 17.2 Å². The number of aryl methyl sites for hydroxylation is 2. The van der Waals surface area contributed by atoms with E-state index in [0.717, 1.165) is 22.5 Å². The first kappa shape index (κ1) is 18.3. The van der Waals surface area contributed by atoms with Crippen LogP contribution in [-0.4, -0.2) is 21.9 Å². The molecule has 0 unspecified atom stereocenters. The number of amides is 1. The van der Waals surface area contributed by atoms with Crippen molar-refractivity contribution in [2.75, 3.05) is 10.6 Å². The maximum absolute atomic E-state index is 12.4. The standard InChI is InChI=1S/C21H20N4O2/c1-13-4-9-18(14(2)12-13)23-21(27)19-10-11-20(25-24-19)22-17-7-5-16(6-8-17)15(3)26/h4-12H,1-3H3,(H,22,25)(H,23,27). The van der Waals surface area contributed by atoms with Crippen molar-refractivity contribution >= 4 is 28.9 Å². The maximum Gasteiger partial charge on any atom is 0.276 e. The highest BCUT2D eigenvalue weighted by atomic mass is 16.2. The van der Waals surface area contributed by atoms with Gasteiger partial charge < -0.3 is 10.6 Å². The Morgan fingerprint density at radius 2 is 1.63 bits per heavy atom. The number of ketones is 1. The van der Waals surface area contributed by atoms with E-state index in [9.17, 15) is 9.59 Å². The van der Waals surface area contributed by atoms with E-state index < -0.39 is 0 Å². The van der Waals surface area contributed by atoms with Crippen LogP contribution in [0.2, 0.25) is 0 Å². The first-order chi connectivity index (χ1) is 12.9. The van der Waals surface area contributed by atoms with Crippen molar-refractivity contribution in [2.24, 2.45) is 0 Å². The lowest BCUT2D eigenvalue weighted by atomic mass is 10.1. The Kier molecular flexibility index (Phi) is 5.26. The number of carbonyl (C=O) groups excluding carboxylic acids is 2. The van der Waals surface area contributed by atoms with Gasteiger partial charge in [-0.3, -0.25) is 9.59 Å². The van der Waals surface area contributed by atoms with E-state index >= 15 is 0 Å². The average Bonchev–Trinajstić information content (AvgIpc) is 2.65. The highest BCUT2D eigenvalue weighted by Crippen LogP contribution is 2.18. The molecule has 0 fully saturated rings. The molecule has 2 aromatic carbocycles. The number of nitrogens with one attached hydrogen (secondary N) is 2. The highest BCUT2D eigenvalue weighted by molar-refractivity contribution is 6.03. The summed E-state index contributed by atoms with van der Waals surface area (Å²) in [7, 11) is 0. The average molecular weight is 360 g/mol. The Hall–Kier alpha value is -3.54. The van der Waals surface area contributed by atoms with Crippen LogP contribution in [0.1, 0.15) is 38.9 Å². The van der Waals surface area contributed by atoms with Crippen molar-refractivity contribution < 1.29 is 9.59 Å². The lowest BCUT2D eigenvalue weighted by Gasteiger charge is -2.09. The Morgan fingerprint density at radius 3 is 2.22 bits per heavy atom. The molecule has 0 saturated carbocycles. The second-order valence-electron chi connectivity index (χ2n) is 6.33. The van der Waals surface area contributed by atoms with E-state index in [1.54, 1.807) is 36.4 Å². The number of Topliss-reactive ketones (excluding diaryl/α,β-unsaturated/α-hetero) is 1. The molecule has 6 heteroatoms. The second-order valence-corrected chi connectivity index (χ2v) is 6.33. The van der Waals surface area contributed by atoms with Gasteiger partial charge in [-0.1, -0.05) is 17.7 Å². The molecule has 27 heavy (non-hydrogen) atoms. The highest BCUT2D eigenvalue weighted by Gasteiger charge is 2.10. The molecule has 0 aliphatic heterocycles. The molecule has 136 valence electrons. The van der Waals surface area contributed by atoms with Gasteiger partial charge >= 0.3 is 0 Å². The van der Waals surface area contributed by atoms with Gasteiger partial charge in [-0.25, -0.2) is 0 Å². The van der Waals surface area contributed by atoms with Gasteiger partial charge in [0.05, 0.1) is 0 Å². The molecule has 0 aliphatic carbocycles. The summed E-state index contributed by atoms with van der Waals surface area (Å²) in [6.45, 7) is 5.47. The molecule has 1 aromatic heterocycles. The summed E-state index contributed by atoms with van der Waals surface area (Å²) < 4.78 is 0. The predicted molar refractivity (Wildman–Crippen MR) is 106 cm³/mol. The topological polar surface area (TPSA) is 84.0 Å². The van der Waals surface area contributed by atoms with Gasteiger partial charge in [0.2, 0.25) is 0 Å². The van der Waals surface area contributed by atoms with Crippen LogP contribution in [0, 0.1) is 13.8 Å². The smallest absolute Gasteiger partial charge is 0.276 e. The quantitative estimate of drug-likeness (QED) is 0.663. The van der Waals surface area contributed by atoms with Crippen LogP contribution >= 0.6 is 0 Å². The van der Waals surface area contributed by atoms with Gasteiger partial charge in [0.25, 0.3) is 5.91 Å². The van der Waals surface area contributed by atoms with Gasteiger partial charge in [0.15, 0.2) is 17.3 Å².